The molecule has 7 atom stereocenters. The second-order valence-electron chi connectivity index (χ2n) is 9.61. The van der Waals surface area contributed by atoms with Gasteiger partial charge in [0.15, 0.2) is 5.78 Å². The number of fused-ring (bicyclic) bond motifs is 3. The molecule has 3 nitrogen and oxygen atoms in total. The zero-order valence-corrected chi connectivity index (χ0v) is 16.0. The van der Waals surface area contributed by atoms with E-state index in [-0.39, 0.29) is 23.4 Å². The van der Waals surface area contributed by atoms with E-state index in [4.69, 9.17) is 4.74 Å². The van der Waals surface area contributed by atoms with Crippen molar-refractivity contribution in [3.8, 4) is 0 Å². The molecule has 2 saturated carbocycles. The van der Waals surface area contributed by atoms with E-state index in [2.05, 4.69) is 34.3 Å². The van der Waals surface area contributed by atoms with Gasteiger partial charge in [-0.2, -0.15) is 0 Å². The molecule has 0 radical (unpaired) electrons. The van der Waals surface area contributed by atoms with E-state index in [9.17, 15) is 9.90 Å². The Bertz CT molecular complexity index is 646. The summed E-state index contributed by atoms with van der Waals surface area (Å²) in [7, 11) is 0. The van der Waals surface area contributed by atoms with Gasteiger partial charge in [0.05, 0.1) is 18.8 Å². The van der Waals surface area contributed by atoms with Crippen molar-refractivity contribution >= 4 is 5.78 Å². The van der Waals surface area contributed by atoms with Crippen LogP contribution in [0.25, 0.3) is 0 Å². The third-order valence-corrected chi connectivity index (χ3v) is 8.21. The van der Waals surface area contributed by atoms with Gasteiger partial charge >= 0.3 is 0 Å². The van der Waals surface area contributed by atoms with E-state index in [1.165, 1.54) is 5.57 Å². The Morgan fingerprint density at radius 3 is 2.68 bits per heavy atom. The SMILES string of the molecule is C=CCO[C@@H]1C2=C(CCC2)C(=O)[C@@H](C)[C@@H]2[C@@H]3[C@H](C[C@@H](O)[C@]21C)C3(C)C. The Hall–Kier alpha value is -0.930. The van der Waals surface area contributed by atoms with Crippen LogP contribution in [-0.2, 0) is 9.53 Å². The molecule has 0 aromatic rings. The van der Waals surface area contributed by atoms with E-state index in [0.717, 1.165) is 31.3 Å². The zero-order valence-electron chi connectivity index (χ0n) is 16.0. The molecular formula is C22H32O3. The molecule has 0 aromatic heterocycles. The molecule has 4 rings (SSSR count). The standard InChI is InChI=1S/C22H32O3/c1-6-10-25-20-14-9-7-8-13(14)19(24)12(2)17-18-15(21(18,3)4)11-16(23)22(17,20)5/h6,12,15-18,20,23H,1,7-11H2,2-5H3/t12-,15-,16+,17+,18-,20+,22+/m0/s1. The molecule has 0 amide bonds. The molecule has 0 bridgehead atoms. The predicted octanol–water partition coefficient (Wildman–Crippen LogP) is 3.92. The predicted molar refractivity (Wildman–Crippen MR) is 98.0 cm³/mol. The highest BCUT2D eigenvalue weighted by molar-refractivity contribution is 5.99. The molecule has 0 heterocycles. The number of ether oxygens (including phenoxy) is 1. The zero-order chi connectivity index (χ0) is 18.1. The van der Waals surface area contributed by atoms with Crippen LogP contribution < -0.4 is 0 Å². The lowest BCUT2D eigenvalue weighted by atomic mass is 9.58. The lowest BCUT2D eigenvalue weighted by Gasteiger charge is -2.50. The number of carbonyl (C=O) groups is 1. The molecule has 0 aliphatic heterocycles. The van der Waals surface area contributed by atoms with Crippen LogP contribution >= 0.6 is 0 Å². The lowest BCUT2D eigenvalue weighted by Crippen LogP contribution is -2.55. The summed E-state index contributed by atoms with van der Waals surface area (Å²) in [5, 5.41) is 11.3. The van der Waals surface area contributed by atoms with E-state index in [1.54, 1.807) is 6.08 Å². The first-order valence-electron chi connectivity index (χ1n) is 9.92. The van der Waals surface area contributed by atoms with E-state index < -0.39 is 11.5 Å². The lowest BCUT2D eigenvalue weighted by molar-refractivity contribution is -0.145. The van der Waals surface area contributed by atoms with Crippen LogP contribution in [0.3, 0.4) is 0 Å². The molecule has 138 valence electrons. The fraction of sp³-hybridized carbons (Fsp3) is 0.773. The summed E-state index contributed by atoms with van der Waals surface area (Å²) in [6, 6.07) is 0. The largest absolute Gasteiger partial charge is 0.392 e. The maximum atomic E-state index is 13.3. The summed E-state index contributed by atoms with van der Waals surface area (Å²) in [5.41, 5.74) is 2.02. The van der Waals surface area contributed by atoms with E-state index in [1.807, 2.05) is 0 Å². The number of carbonyl (C=O) groups excluding carboxylic acids is 1. The van der Waals surface area contributed by atoms with Crippen LogP contribution in [-0.4, -0.2) is 29.7 Å². The molecular weight excluding hydrogens is 312 g/mol. The van der Waals surface area contributed by atoms with Crippen molar-refractivity contribution < 1.29 is 14.6 Å². The van der Waals surface area contributed by atoms with Gasteiger partial charge in [-0.1, -0.05) is 33.8 Å². The highest BCUT2D eigenvalue weighted by Gasteiger charge is 2.72. The molecule has 1 N–H and O–H groups in total. The fourth-order valence-electron chi connectivity index (χ4n) is 6.85. The van der Waals surface area contributed by atoms with Gasteiger partial charge in [-0.3, -0.25) is 4.79 Å². The van der Waals surface area contributed by atoms with Crippen LogP contribution in [0.1, 0.15) is 53.4 Å². The molecule has 4 aliphatic rings. The fourth-order valence-corrected chi connectivity index (χ4v) is 6.85. The van der Waals surface area contributed by atoms with Crippen LogP contribution in [0.2, 0.25) is 0 Å². The van der Waals surface area contributed by atoms with Crippen molar-refractivity contribution in [1.82, 2.24) is 0 Å². The average molecular weight is 344 g/mol. The number of aliphatic hydroxyl groups excluding tert-OH is 1. The summed E-state index contributed by atoms with van der Waals surface area (Å²) < 4.78 is 6.31. The smallest absolute Gasteiger partial charge is 0.162 e. The Labute approximate surface area is 151 Å². The molecule has 2 fully saturated rings. The van der Waals surface area contributed by atoms with Gasteiger partial charge in [-0.25, -0.2) is 0 Å². The Morgan fingerprint density at radius 1 is 1.28 bits per heavy atom. The molecule has 0 aromatic carbocycles. The molecule has 0 saturated heterocycles. The minimum atomic E-state index is -0.418. The minimum Gasteiger partial charge on any atom is -0.392 e. The summed E-state index contributed by atoms with van der Waals surface area (Å²) in [6.07, 6.45) is 4.88. The first-order valence-corrected chi connectivity index (χ1v) is 9.92. The Kier molecular flexibility index (Phi) is 3.87. The maximum absolute atomic E-state index is 13.3. The van der Waals surface area contributed by atoms with Gasteiger partial charge in [-0.15, -0.1) is 6.58 Å². The van der Waals surface area contributed by atoms with Crippen molar-refractivity contribution in [3.05, 3.63) is 23.8 Å². The minimum absolute atomic E-state index is 0.0327. The highest BCUT2D eigenvalue weighted by Crippen LogP contribution is 2.73. The first-order chi connectivity index (χ1) is 11.8. The number of ketones is 1. The molecule has 3 heteroatoms. The Morgan fingerprint density at radius 2 is 2.00 bits per heavy atom. The van der Waals surface area contributed by atoms with Crippen molar-refractivity contribution in [3.63, 3.8) is 0 Å². The van der Waals surface area contributed by atoms with Gasteiger partial charge in [0.2, 0.25) is 0 Å². The monoisotopic (exact) mass is 344 g/mol. The van der Waals surface area contributed by atoms with Crippen LogP contribution in [0.4, 0.5) is 0 Å². The van der Waals surface area contributed by atoms with Gasteiger partial charge in [0, 0.05) is 11.3 Å². The molecule has 0 spiro atoms. The van der Waals surface area contributed by atoms with Gasteiger partial charge in [0.25, 0.3) is 0 Å². The number of hydrogen-bond donors (Lipinski definition) is 1. The summed E-state index contributed by atoms with van der Waals surface area (Å²) in [6.45, 7) is 13.2. The molecule has 4 aliphatic carbocycles. The average Bonchev–Trinajstić information content (AvgIpc) is 2.93. The normalized spacial score (nSPS) is 47.6. The maximum Gasteiger partial charge on any atom is 0.162 e. The third kappa shape index (κ3) is 2.15. The first kappa shape index (κ1) is 17.5. The van der Waals surface area contributed by atoms with Crippen LogP contribution in [0.15, 0.2) is 23.8 Å². The molecule has 25 heavy (non-hydrogen) atoms. The summed E-state index contributed by atoms with van der Waals surface area (Å²) >= 11 is 0. The van der Waals surface area contributed by atoms with Gasteiger partial charge < -0.3 is 9.84 Å². The van der Waals surface area contributed by atoms with Crippen molar-refractivity contribution in [1.29, 1.82) is 0 Å². The number of aliphatic hydroxyl groups is 1. The number of Topliss-reactive ketones (excluding diaryl/α,β-unsaturated/α-hetero) is 1. The van der Waals surface area contributed by atoms with Gasteiger partial charge in [0.1, 0.15) is 0 Å². The topological polar surface area (TPSA) is 46.5 Å². The quantitative estimate of drug-likeness (QED) is 0.790. The number of rotatable bonds is 3. The second kappa shape index (κ2) is 5.53. The Balaban J connectivity index is 1.86. The third-order valence-electron chi connectivity index (χ3n) is 8.21. The highest BCUT2D eigenvalue weighted by atomic mass is 16.5. The van der Waals surface area contributed by atoms with E-state index in [0.29, 0.717) is 24.2 Å². The summed E-state index contributed by atoms with van der Waals surface area (Å²) in [4.78, 5) is 13.3. The summed E-state index contributed by atoms with van der Waals surface area (Å²) in [5.74, 6) is 1.52. The number of allylic oxidation sites excluding steroid dienone is 1. The number of hydrogen-bond acceptors (Lipinski definition) is 3. The van der Waals surface area contributed by atoms with Crippen molar-refractivity contribution in [2.75, 3.05) is 6.61 Å². The van der Waals surface area contributed by atoms with E-state index >= 15 is 0 Å². The van der Waals surface area contributed by atoms with Crippen molar-refractivity contribution in [2.45, 2.75) is 65.6 Å². The molecule has 0 unspecified atom stereocenters. The van der Waals surface area contributed by atoms with Crippen LogP contribution in [0.5, 0.6) is 0 Å². The second-order valence-corrected chi connectivity index (χ2v) is 9.61. The van der Waals surface area contributed by atoms with Gasteiger partial charge in [-0.05, 0) is 60.0 Å². The van der Waals surface area contributed by atoms with Crippen LogP contribution in [0, 0.1) is 34.5 Å². The van der Waals surface area contributed by atoms with Crippen molar-refractivity contribution in [2.24, 2.45) is 34.5 Å².